The number of ether oxygens (including phenoxy) is 1. The number of aromatic amines is 2. The Bertz CT molecular complexity index is 1390. The Hall–Kier alpha value is -4.33. The van der Waals surface area contributed by atoms with Crippen molar-refractivity contribution < 1.29 is 14.6 Å². The number of H-pyrrole nitrogens is 2. The predicted octanol–water partition coefficient (Wildman–Crippen LogP) is 4.07. The second-order valence-electron chi connectivity index (χ2n) is 6.80. The first-order valence-electron chi connectivity index (χ1n) is 9.23. The average Bonchev–Trinajstić information content (AvgIpc) is 3.37. The highest BCUT2D eigenvalue weighted by molar-refractivity contribution is 6.07. The topological polar surface area (TPSA) is 116 Å². The molecule has 0 bridgehead atoms. The second-order valence-corrected chi connectivity index (χ2v) is 6.80. The number of benzene rings is 3. The average molecular weight is 399 g/mol. The summed E-state index contributed by atoms with van der Waals surface area (Å²) >= 11 is 0. The van der Waals surface area contributed by atoms with Crippen LogP contribution in [0.3, 0.4) is 0 Å². The molecule has 3 aromatic carbocycles. The summed E-state index contributed by atoms with van der Waals surface area (Å²) < 4.78 is 5.25. The zero-order valence-corrected chi connectivity index (χ0v) is 15.9. The maximum atomic E-state index is 12.6. The molecule has 4 N–H and O–H groups in total. The van der Waals surface area contributed by atoms with Gasteiger partial charge in [-0.2, -0.15) is 5.10 Å². The summed E-state index contributed by atoms with van der Waals surface area (Å²) in [6.07, 6.45) is 0. The summed E-state index contributed by atoms with van der Waals surface area (Å²) in [6, 6.07) is 17.3. The van der Waals surface area contributed by atoms with E-state index in [0.717, 1.165) is 27.7 Å². The lowest BCUT2D eigenvalue weighted by atomic mass is 10.1. The van der Waals surface area contributed by atoms with E-state index in [1.54, 1.807) is 31.4 Å². The van der Waals surface area contributed by atoms with E-state index in [9.17, 15) is 9.90 Å². The number of hydrogen-bond donors (Lipinski definition) is 4. The minimum Gasteiger partial charge on any atom is -0.508 e. The molecule has 5 rings (SSSR count). The van der Waals surface area contributed by atoms with E-state index in [2.05, 4.69) is 25.5 Å². The van der Waals surface area contributed by atoms with Gasteiger partial charge in [-0.3, -0.25) is 9.89 Å². The van der Waals surface area contributed by atoms with Gasteiger partial charge in [-0.25, -0.2) is 4.98 Å². The summed E-state index contributed by atoms with van der Waals surface area (Å²) in [5.74, 6) is 1.25. The lowest BCUT2D eigenvalue weighted by Gasteiger charge is -2.05. The SMILES string of the molecule is COc1ccc2[nH]c(-c3n[nH]c4cc(C(=O)Nc5ccc(O)cc5)ccc34)nc2c1. The van der Waals surface area contributed by atoms with Crippen LogP contribution < -0.4 is 10.1 Å². The Kier molecular flexibility index (Phi) is 4.10. The standard InChI is InChI=1S/C22H17N5O3/c1-30-15-7-9-17-19(11-15)25-21(24-17)20-16-8-2-12(10-18(16)26-27-20)22(29)23-13-3-5-14(28)6-4-13/h2-11,28H,1H3,(H,23,29)(H,24,25)(H,26,27). The summed E-state index contributed by atoms with van der Waals surface area (Å²) in [5.41, 5.74) is 4.14. The van der Waals surface area contributed by atoms with Gasteiger partial charge in [0.1, 0.15) is 17.2 Å². The van der Waals surface area contributed by atoms with E-state index in [1.807, 2.05) is 24.3 Å². The number of imidazole rings is 1. The molecule has 2 heterocycles. The molecule has 1 amide bonds. The molecule has 30 heavy (non-hydrogen) atoms. The van der Waals surface area contributed by atoms with Crippen molar-refractivity contribution in [2.24, 2.45) is 0 Å². The van der Waals surface area contributed by atoms with Gasteiger partial charge in [0.25, 0.3) is 5.91 Å². The van der Waals surface area contributed by atoms with Crippen molar-refractivity contribution in [3.05, 3.63) is 66.2 Å². The van der Waals surface area contributed by atoms with E-state index in [1.165, 1.54) is 12.1 Å². The number of hydrogen-bond acceptors (Lipinski definition) is 5. The van der Waals surface area contributed by atoms with E-state index < -0.39 is 0 Å². The first-order valence-corrected chi connectivity index (χ1v) is 9.23. The van der Waals surface area contributed by atoms with Crippen LogP contribution in [-0.4, -0.2) is 38.3 Å². The molecule has 0 aliphatic rings. The van der Waals surface area contributed by atoms with Crippen LogP contribution >= 0.6 is 0 Å². The first-order chi connectivity index (χ1) is 14.6. The van der Waals surface area contributed by atoms with Crippen LogP contribution in [-0.2, 0) is 0 Å². The summed E-state index contributed by atoms with van der Waals surface area (Å²) in [4.78, 5) is 20.4. The minimum absolute atomic E-state index is 0.142. The predicted molar refractivity (Wildman–Crippen MR) is 114 cm³/mol. The fourth-order valence-corrected chi connectivity index (χ4v) is 3.31. The minimum atomic E-state index is -0.255. The van der Waals surface area contributed by atoms with Crippen molar-refractivity contribution in [1.29, 1.82) is 0 Å². The molecule has 0 radical (unpaired) electrons. The van der Waals surface area contributed by atoms with Gasteiger partial charge < -0.3 is 20.1 Å². The maximum Gasteiger partial charge on any atom is 0.255 e. The monoisotopic (exact) mass is 399 g/mol. The van der Waals surface area contributed by atoms with E-state index >= 15 is 0 Å². The molecular formula is C22H17N5O3. The highest BCUT2D eigenvalue weighted by Crippen LogP contribution is 2.28. The van der Waals surface area contributed by atoms with Gasteiger partial charge in [0.2, 0.25) is 0 Å². The van der Waals surface area contributed by atoms with Gasteiger partial charge in [0, 0.05) is 22.7 Å². The number of nitrogens with zero attached hydrogens (tertiary/aromatic N) is 2. The van der Waals surface area contributed by atoms with E-state index in [0.29, 0.717) is 22.8 Å². The van der Waals surface area contributed by atoms with Gasteiger partial charge in [0.05, 0.1) is 23.7 Å². The first kappa shape index (κ1) is 17.7. The number of amides is 1. The number of aromatic hydroxyl groups is 1. The molecule has 5 aromatic rings. The second kappa shape index (κ2) is 6.93. The number of nitrogens with one attached hydrogen (secondary N) is 3. The van der Waals surface area contributed by atoms with Crippen LogP contribution in [0.4, 0.5) is 5.69 Å². The third-order valence-corrected chi connectivity index (χ3v) is 4.86. The zero-order valence-electron chi connectivity index (χ0n) is 15.9. The Morgan fingerprint density at radius 1 is 1.03 bits per heavy atom. The summed E-state index contributed by atoms with van der Waals surface area (Å²) in [5, 5.41) is 20.4. The van der Waals surface area contributed by atoms with E-state index in [4.69, 9.17) is 4.74 Å². The number of methoxy groups -OCH3 is 1. The molecular weight excluding hydrogens is 382 g/mol. The Morgan fingerprint density at radius 2 is 1.87 bits per heavy atom. The highest BCUT2D eigenvalue weighted by Gasteiger charge is 2.15. The number of rotatable bonds is 4. The molecule has 148 valence electrons. The quantitative estimate of drug-likeness (QED) is 0.340. The van der Waals surface area contributed by atoms with Crippen LogP contribution in [0.5, 0.6) is 11.5 Å². The summed E-state index contributed by atoms with van der Waals surface area (Å²) in [7, 11) is 1.62. The molecule has 0 aliphatic heterocycles. The lowest BCUT2D eigenvalue weighted by Crippen LogP contribution is -2.11. The van der Waals surface area contributed by atoms with Crippen LogP contribution in [0.1, 0.15) is 10.4 Å². The molecule has 8 heteroatoms. The van der Waals surface area contributed by atoms with Gasteiger partial charge in [-0.1, -0.05) is 0 Å². The molecule has 0 saturated heterocycles. The van der Waals surface area contributed by atoms with Crippen molar-refractivity contribution in [3.63, 3.8) is 0 Å². The van der Waals surface area contributed by atoms with Gasteiger partial charge in [-0.15, -0.1) is 0 Å². The number of phenols is 1. The largest absolute Gasteiger partial charge is 0.508 e. The van der Waals surface area contributed by atoms with Crippen LogP contribution in [0.15, 0.2) is 60.7 Å². The smallest absolute Gasteiger partial charge is 0.255 e. The fraction of sp³-hybridized carbons (Fsp3) is 0.0455. The normalized spacial score (nSPS) is 11.1. The number of phenolic OH excluding ortho intramolecular Hbond substituents is 1. The Balaban J connectivity index is 1.46. The number of carbonyl (C=O) groups excluding carboxylic acids is 1. The molecule has 0 unspecified atom stereocenters. The van der Waals surface area contributed by atoms with Crippen molar-refractivity contribution in [2.45, 2.75) is 0 Å². The maximum absolute atomic E-state index is 12.6. The third-order valence-electron chi connectivity index (χ3n) is 4.86. The lowest BCUT2D eigenvalue weighted by molar-refractivity contribution is 0.102. The van der Waals surface area contributed by atoms with Crippen molar-refractivity contribution in [2.75, 3.05) is 12.4 Å². The molecule has 0 spiro atoms. The molecule has 0 saturated carbocycles. The fourth-order valence-electron chi connectivity index (χ4n) is 3.31. The van der Waals surface area contributed by atoms with Crippen LogP contribution in [0.2, 0.25) is 0 Å². The summed E-state index contributed by atoms with van der Waals surface area (Å²) in [6.45, 7) is 0. The molecule has 0 atom stereocenters. The zero-order chi connectivity index (χ0) is 20.7. The van der Waals surface area contributed by atoms with Crippen LogP contribution in [0.25, 0.3) is 33.5 Å². The van der Waals surface area contributed by atoms with Gasteiger partial charge >= 0.3 is 0 Å². The molecule has 0 fully saturated rings. The van der Waals surface area contributed by atoms with Crippen molar-refractivity contribution in [3.8, 4) is 23.0 Å². The highest BCUT2D eigenvalue weighted by atomic mass is 16.5. The van der Waals surface area contributed by atoms with Gasteiger partial charge in [-0.05, 0) is 54.6 Å². The Morgan fingerprint density at radius 3 is 2.67 bits per heavy atom. The van der Waals surface area contributed by atoms with Crippen molar-refractivity contribution in [1.82, 2.24) is 20.2 Å². The Labute approximate surface area is 170 Å². The number of anilines is 1. The third kappa shape index (κ3) is 3.10. The number of aromatic nitrogens is 4. The van der Waals surface area contributed by atoms with Gasteiger partial charge in [0.15, 0.2) is 5.82 Å². The molecule has 2 aromatic heterocycles. The molecule has 0 aliphatic carbocycles. The van der Waals surface area contributed by atoms with Crippen molar-refractivity contribution >= 4 is 33.5 Å². The van der Waals surface area contributed by atoms with Crippen LogP contribution in [0, 0.1) is 0 Å². The number of fused-ring (bicyclic) bond motifs is 2. The number of carbonyl (C=O) groups is 1. The van der Waals surface area contributed by atoms with E-state index in [-0.39, 0.29) is 11.7 Å². The molecule has 8 nitrogen and oxygen atoms in total.